The highest BCUT2D eigenvalue weighted by Gasteiger charge is 2.33. The Bertz CT molecular complexity index is 384. The molecule has 1 aromatic rings. The van der Waals surface area contributed by atoms with Gasteiger partial charge >= 0.3 is 6.36 Å². The molecule has 0 spiro atoms. The maximum absolute atomic E-state index is 12.1. The van der Waals surface area contributed by atoms with Gasteiger partial charge in [0.1, 0.15) is 3.70 Å². The molecule has 0 aromatic carbocycles. The van der Waals surface area contributed by atoms with Crippen molar-refractivity contribution in [1.29, 1.82) is 0 Å². The molecule has 0 atom stereocenters. The lowest BCUT2D eigenvalue weighted by molar-refractivity contribution is -0.275. The normalized spacial score (nSPS) is 11.6. The molecule has 0 bridgehead atoms. The summed E-state index contributed by atoms with van der Waals surface area (Å²) in [6.07, 6.45) is -4.79. The van der Waals surface area contributed by atoms with Crippen LogP contribution in [0.4, 0.5) is 13.2 Å². The third kappa shape index (κ3) is 3.46. The molecular formula is C8H8F3IN2O2. The van der Waals surface area contributed by atoms with E-state index in [1.54, 1.807) is 22.6 Å². The van der Waals surface area contributed by atoms with Crippen LogP contribution >= 0.6 is 22.6 Å². The van der Waals surface area contributed by atoms with Crippen LogP contribution in [-0.4, -0.2) is 16.5 Å². The van der Waals surface area contributed by atoms with Crippen molar-refractivity contribution in [2.75, 3.05) is 0 Å². The van der Waals surface area contributed by atoms with E-state index in [9.17, 15) is 13.2 Å². The van der Waals surface area contributed by atoms with Crippen molar-refractivity contribution in [3.05, 3.63) is 21.0 Å². The smallest absolute Gasteiger partial charge is 0.403 e. The van der Waals surface area contributed by atoms with E-state index < -0.39 is 12.1 Å². The number of aromatic nitrogens is 1. The first-order valence-electron chi connectivity index (χ1n) is 4.12. The van der Waals surface area contributed by atoms with Crippen LogP contribution in [-0.2, 0) is 13.2 Å². The second-order valence-corrected chi connectivity index (χ2v) is 3.82. The van der Waals surface area contributed by atoms with Gasteiger partial charge in [0.15, 0.2) is 5.75 Å². The van der Waals surface area contributed by atoms with Gasteiger partial charge in [0.2, 0.25) is 0 Å². The van der Waals surface area contributed by atoms with Crippen LogP contribution in [0.2, 0.25) is 0 Å². The molecule has 0 radical (unpaired) electrons. The standard InChI is InChI=1S/C8H8F3IN2O2/c9-8(10,11)16-6-4(2-13)1-5(3-15)14-7(6)12/h1,15H,2-3,13H2. The molecule has 0 unspecified atom stereocenters. The highest BCUT2D eigenvalue weighted by atomic mass is 127. The number of pyridine rings is 1. The zero-order chi connectivity index (χ0) is 12.3. The first-order chi connectivity index (χ1) is 7.37. The van der Waals surface area contributed by atoms with Crippen LogP contribution in [0.15, 0.2) is 6.07 Å². The van der Waals surface area contributed by atoms with E-state index in [2.05, 4.69) is 9.72 Å². The van der Waals surface area contributed by atoms with E-state index >= 15 is 0 Å². The molecule has 0 fully saturated rings. The van der Waals surface area contributed by atoms with Gasteiger partial charge in [-0.2, -0.15) is 0 Å². The lowest BCUT2D eigenvalue weighted by Crippen LogP contribution is -2.20. The summed E-state index contributed by atoms with van der Waals surface area (Å²) in [5.74, 6) is -0.409. The van der Waals surface area contributed by atoms with E-state index in [4.69, 9.17) is 10.8 Å². The number of nitrogens with two attached hydrogens (primary N) is 1. The van der Waals surface area contributed by atoms with Crippen LogP contribution in [0.3, 0.4) is 0 Å². The molecule has 0 amide bonds. The Morgan fingerprint density at radius 1 is 1.50 bits per heavy atom. The minimum atomic E-state index is -4.79. The molecule has 1 heterocycles. The molecular weight excluding hydrogens is 340 g/mol. The second-order valence-electron chi connectivity index (χ2n) is 2.80. The van der Waals surface area contributed by atoms with Crippen LogP contribution in [0.1, 0.15) is 11.3 Å². The average Bonchev–Trinajstić information content (AvgIpc) is 2.19. The highest BCUT2D eigenvalue weighted by Crippen LogP contribution is 2.30. The maximum atomic E-state index is 12.1. The number of ether oxygens (including phenoxy) is 1. The van der Waals surface area contributed by atoms with Crippen molar-refractivity contribution >= 4 is 22.6 Å². The van der Waals surface area contributed by atoms with Crippen molar-refractivity contribution in [3.8, 4) is 5.75 Å². The fourth-order valence-corrected chi connectivity index (χ4v) is 1.83. The molecule has 0 aliphatic heterocycles. The topological polar surface area (TPSA) is 68.4 Å². The third-order valence-electron chi connectivity index (χ3n) is 1.66. The Labute approximate surface area is 103 Å². The van der Waals surface area contributed by atoms with Crippen LogP contribution in [0.5, 0.6) is 5.75 Å². The quantitative estimate of drug-likeness (QED) is 0.642. The minimum Gasteiger partial charge on any atom is -0.403 e. The predicted octanol–water partition coefficient (Wildman–Crippen LogP) is 1.54. The average molecular weight is 348 g/mol. The molecule has 0 aliphatic carbocycles. The number of aliphatic hydroxyl groups is 1. The van der Waals surface area contributed by atoms with Gasteiger partial charge in [0.05, 0.1) is 12.3 Å². The molecule has 1 aromatic heterocycles. The Balaban J connectivity index is 3.16. The van der Waals surface area contributed by atoms with Crippen LogP contribution in [0, 0.1) is 3.70 Å². The van der Waals surface area contributed by atoms with Gasteiger partial charge in [-0.15, -0.1) is 13.2 Å². The van der Waals surface area contributed by atoms with E-state index in [0.717, 1.165) is 0 Å². The number of nitrogens with zero attached hydrogens (tertiary/aromatic N) is 1. The Morgan fingerprint density at radius 3 is 2.56 bits per heavy atom. The van der Waals surface area contributed by atoms with Gasteiger partial charge in [-0.3, -0.25) is 0 Å². The summed E-state index contributed by atoms with van der Waals surface area (Å²) in [6.45, 7) is -0.494. The summed E-state index contributed by atoms with van der Waals surface area (Å²) in [5.41, 5.74) is 5.70. The number of rotatable bonds is 3. The van der Waals surface area contributed by atoms with E-state index in [1.165, 1.54) is 6.07 Å². The zero-order valence-electron chi connectivity index (χ0n) is 7.88. The molecule has 3 N–H and O–H groups in total. The van der Waals surface area contributed by atoms with E-state index in [1.807, 2.05) is 0 Å². The van der Waals surface area contributed by atoms with Gasteiger partial charge in [-0.05, 0) is 28.7 Å². The molecule has 0 saturated carbocycles. The number of alkyl halides is 3. The SMILES string of the molecule is NCc1cc(CO)nc(I)c1OC(F)(F)F. The summed E-state index contributed by atoms with van der Waals surface area (Å²) < 4.78 is 40.1. The monoisotopic (exact) mass is 348 g/mol. The largest absolute Gasteiger partial charge is 0.573 e. The summed E-state index contributed by atoms with van der Waals surface area (Å²) in [6, 6.07) is 1.28. The molecule has 90 valence electrons. The van der Waals surface area contributed by atoms with Crippen LogP contribution < -0.4 is 10.5 Å². The highest BCUT2D eigenvalue weighted by molar-refractivity contribution is 14.1. The van der Waals surface area contributed by atoms with Crippen molar-refractivity contribution in [2.45, 2.75) is 19.5 Å². The van der Waals surface area contributed by atoms with E-state index in [-0.39, 0.29) is 28.1 Å². The molecule has 0 aliphatic rings. The Morgan fingerprint density at radius 2 is 2.12 bits per heavy atom. The van der Waals surface area contributed by atoms with Gasteiger partial charge in [-0.25, -0.2) is 4.98 Å². The van der Waals surface area contributed by atoms with Gasteiger partial charge in [0.25, 0.3) is 0 Å². The van der Waals surface area contributed by atoms with Gasteiger partial charge in [0, 0.05) is 12.1 Å². The maximum Gasteiger partial charge on any atom is 0.573 e. The van der Waals surface area contributed by atoms with Crippen molar-refractivity contribution in [3.63, 3.8) is 0 Å². The molecule has 4 nitrogen and oxygen atoms in total. The van der Waals surface area contributed by atoms with Crippen molar-refractivity contribution in [2.24, 2.45) is 5.73 Å². The Kier molecular flexibility index (Phi) is 4.33. The summed E-state index contributed by atoms with van der Waals surface area (Å²) >= 11 is 1.60. The lowest BCUT2D eigenvalue weighted by atomic mass is 10.2. The molecule has 0 saturated heterocycles. The first-order valence-corrected chi connectivity index (χ1v) is 5.20. The summed E-state index contributed by atoms with van der Waals surface area (Å²) in [4.78, 5) is 3.74. The molecule has 1 rings (SSSR count). The summed E-state index contributed by atoms with van der Waals surface area (Å²) in [7, 11) is 0. The number of aliphatic hydroxyl groups excluding tert-OH is 1. The molecule has 16 heavy (non-hydrogen) atoms. The number of halogens is 4. The minimum absolute atomic E-state index is 0.0157. The number of hydrogen-bond acceptors (Lipinski definition) is 4. The van der Waals surface area contributed by atoms with Crippen LogP contribution in [0.25, 0.3) is 0 Å². The van der Waals surface area contributed by atoms with Gasteiger partial charge < -0.3 is 15.6 Å². The lowest BCUT2D eigenvalue weighted by Gasteiger charge is -2.14. The summed E-state index contributed by atoms with van der Waals surface area (Å²) in [5, 5.41) is 8.84. The number of hydrogen-bond donors (Lipinski definition) is 2. The van der Waals surface area contributed by atoms with Crippen molar-refractivity contribution < 1.29 is 23.0 Å². The van der Waals surface area contributed by atoms with E-state index in [0.29, 0.717) is 0 Å². The van der Waals surface area contributed by atoms with Gasteiger partial charge in [-0.1, -0.05) is 0 Å². The molecule has 8 heteroatoms. The fraction of sp³-hybridized carbons (Fsp3) is 0.375. The second kappa shape index (κ2) is 5.15. The van der Waals surface area contributed by atoms with Crippen molar-refractivity contribution in [1.82, 2.24) is 4.98 Å². The Hall–Kier alpha value is -0.610. The third-order valence-corrected chi connectivity index (χ3v) is 2.39. The zero-order valence-corrected chi connectivity index (χ0v) is 10.0. The fourth-order valence-electron chi connectivity index (χ4n) is 1.06. The first kappa shape index (κ1) is 13.5. The predicted molar refractivity (Wildman–Crippen MR) is 57.5 cm³/mol.